The third-order valence-corrected chi connectivity index (χ3v) is 6.64. The van der Waals surface area contributed by atoms with Gasteiger partial charge in [0.25, 0.3) is 0 Å². The number of imidazole rings is 1. The number of aromatic nitrogens is 2. The highest BCUT2D eigenvalue weighted by molar-refractivity contribution is 7.89. The fourth-order valence-electron chi connectivity index (χ4n) is 3.25. The number of benzene rings is 1. The van der Waals surface area contributed by atoms with E-state index in [9.17, 15) is 12.8 Å². The van der Waals surface area contributed by atoms with E-state index in [1.54, 1.807) is 6.07 Å². The maximum Gasteiger partial charge on any atom is 0.246 e. The molecule has 0 amide bonds. The van der Waals surface area contributed by atoms with Gasteiger partial charge in [-0.05, 0) is 12.1 Å². The molecule has 3 rings (SSSR count). The first-order chi connectivity index (χ1) is 12.4. The fraction of sp³-hybridized carbons (Fsp3) is 0.500. The molecule has 0 atom stereocenters. The van der Waals surface area contributed by atoms with E-state index in [1.807, 2.05) is 12.4 Å². The first kappa shape index (κ1) is 19.0. The number of hydrogen-bond acceptors (Lipinski definition) is 4. The van der Waals surface area contributed by atoms with Gasteiger partial charge in [-0.1, -0.05) is 26.0 Å². The van der Waals surface area contributed by atoms with Crippen molar-refractivity contribution in [3.8, 4) is 0 Å². The molecule has 142 valence electrons. The molecule has 8 heteroatoms. The molecule has 1 fully saturated rings. The highest BCUT2D eigenvalue weighted by Gasteiger charge is 2.30. The van der Waals surface area contributed by atoms with Crippen molar-refractivity contribution in [3.05, 3.63) is 48.3 Å². The number of halogens is 1. The van der Waals surface area contributed by atoms with Gasteiger partial charge in [0.05, 0.1) is 0 Å². The van der Waals surface area contributed by atoms with Crippen LogP contribution in [0.4, 0.5) is 4.39 Å². The molecule has 0 aliphatic carbocycles. The van der Waals surface area contributed by atoms with Crippen molar-refractivity contribution in [2.75, 3.05) is 32.7 Å². The first-order valence-electron chi connectivity index (χ1n) is 8.87. The van der Waals surface area contributed by atoms with Crippen molar-refractivity contribution in [1.82, 2.24) is 18.8 Å². The predicted octanol–water partition coefficient (Wildman–Crippen LogP) is 2.15. The summed E-state index contributed by atoms with van der Waals surface area (Å²) in [6, 6.07) is 5.54. The van der Waals surface area contributed by atoms with E-state index in [1.165, 1.54) is 22.5 Å². The minimum absolute atomic E-state index is 0.242. The summed E-state index contributed by atoms with van der Waals surface area (Å²) in [7, 11) is -3.78. The smallest absolute Gasteiger partial charge is 0.246 e. The van der Waals surface area contributed by atoms with Gasteiger partial charge in [0.1, 0.15) is 16.5 Å². The second kappa shape index (κ2) is 7.85. The van der Waals surface area contributed by atoms with Gasteiger partial charge in [-0.15, -0.1) is 0 Å². The molecule has 26 heavy (non-hydrogen) atoms. The van der Waals surface area contributed by atoms with Gasteiger partial charge in [-0.25, -0.2) is 17.8 Å². The lowest BCUT2D eigenvalue weighted by Gasteiger charge is -2.34. The Morgan fingerprint density at radius 2 is 1.81 bits per heavy atom. The molecule has 1 aromatic carbocycles. The molecule has 2 heterocycles. The zero-order valence-electron chi connectivity index (χ0n) is 15.2. The van der Waals surface area contributed by atoms with Gasteiger partial charge in [0.15, 0.2) is 0 Å². The van der Waals surface area contributed by atoms with Crippen LogP contribution in [0.15, 0.2) is 41.6 Å². The molecular formula is C18H25FN4O2S. The van der Waals surface area contributed by atoms with E-state index in [-0.39, 0.29) is 4.90 Å². The van der Waals surface area contributed by atoms with E-state index in [0.29, 0.717) is 32.1 Å². The van der Waals surface area contributed by atoms with Crippen molar-refractivity contribution < 1.29 is 12.8 Å². The lowest BCUT2D eigenvalue weighted by Crippen LogP contribution is -2.49. The van der Waals surface area contributed by atoms with Crippen LogP contribution in [-0.2, 0) is 16.6 Å². The molecule has 0 bridgehead atoms. The van der Waals surface area contributed by atoms with Crippen molar-refractivity contribution in [2.24, 2.45) is 0 Å². The molecule has 1 aliphatic heterocycles. The standard InChI is InChI=1S/C18H25FN4O2S/c1-15(2)18-20-7-8-22(18)12-9-21-10-13-23(14-11-21)26(24,25)17-6-4-3-5-16(17)19/h3-8,15H,9-14H2,1-2H3. The maximum absolute atomic E-state index is 13.9. The molecule has 0 unspecified atom stereocenters. The molecule has 0 radical (unpaired) electrons. The predicted molar refractivity (Wildman–Crippen MR) is 97.9 cm³/mol. The molecular weight excluding hydrogens is 355 g/mol. The fourth-order valence-corrected chi connectivity index (χ4v) is 4.73. The Balaban J connectivity index is 1.57. The minimum Gasteiger partial charge on any atom is -0.333 e. The lowest BCUT2D eigenvalue weighted by atomic mass is 10.2. The third-order valence-electron chi connectivity index (χ3n) is 4.71. The topological polar surface area (TPSA) is 58.4 Å². The average molecular weight is 380 g/mol. The average Bonchev–Trinajstić information content (AvgIpc) is 3.09. The van der Waals surface area contributed by atoms with Gasteiger partial charge in [0.2, 0.25) is 10.0 Å². The first-order valence-corrected chi connectivity index (χ1v) is 10.3. The SMILES string of the molecule is CC(C)c1nccn1CCN1CCN(S(=O)(=O)c2ccccc2F)CC1. The molecule has 0 saturated carbocycles. The summed E-state index contributed by atoms with van der Waals surface area (Å²) in [6.07, 6.45) is 3.79. The second-order valence-electron chi connectivity index (χ2n) is 6.81. The number of sulfonamides is 1. The van der Waals surface area contributed by atoms with E-state index in [0.717, 1.165) is 18.9 Å². The van der Waals surface area contributed by atoms with Crippen LogP contribution in [0.25, 0.3) is 0 Å². The Kier molecular flexibility index (Phi) is 5.74. The number of hydrogen-bond donors (Lipinski definition) is 0. The van der Waals surface area contributed by atoms with Crippen LogP contribution in [0.1, 0.15) is 25.6 Å². The Morgan fingerprint density at radius 1 is 1.12 bits per heavy atom. The Morgan fingerprint density at radius 3 is 2.46 bits per heavy atom. The summed E-state index contributed by atoms with van der Waals surface area (Å²) >= 11 is 0. The van der Waals surface area contributed by atoms with Crippen LogP contribution in [-0.4, -0.2) is 59.9 Å². The quantitative estimate of drug-likeness (QED) is 0.771. The van der Waals surface area contributed by atoms with Gasteiger partial charge in [-0.2, -0.15) is 4.31 Å². The van der Waals surface area contributed by atoms with Crippen molar-refractivity contribution in [3.63, 3.8) is 0 Å². The molecule has 0 spiro atoms. The molecule has 1 aliphatic rings. The van der Waals surface area contributed by atoms with E-state index >= 15 is 0 Å². The number of rotatable bonds is 6. The molecule has 0 N–H and O–H groups in total. The monoisotopic (exact) mass is 380 g/mol. The third kappa shape index (κ3) is 3.97. The molecule has 1 aromatic heterocycles. The van der Waals surface area contributed by atoms with Crippen LogP contribution in [0.5, 0.6) is 0 Å². The van der Waals surface area contributed by atoms with Crippen molar-refractivity contribution in [1.29, 1.82) is 0 Å². The van der Waals surface area contributed by atoms with Crippen LogP contribution in [0, 0.1) is 5.82 Å². The largest absolute Gasteiger partial charge is 0.333 e. The van der Waals surface area contributed by atoms with E-state index in [4.69, 9.17) is 0 Å². The summed E-state index contributed by atoms with van der Waals surface area (Å²) in [6.45, 7) is 7.92. The van der Waals surface area contributed by atoms with Crippen molar-refractivity contribution >= 4 is 10.0 Å². The summed E-state index contributed by atoms with van der Waals surface area (Å²) < 4.78 is 42.7. The van der Waals surface area contributed by atoms with Crippen LogP contribution >= 0.6 is 0 Å². The summed E-state index contributed by atoms with van der Waals surface area (Å²) in [5.41, 5.74) is 0. The molecule has 6 nitrogen and oxygen atoms in total. The zero-order valence-corrected chi connectivity index (χ0v) is 16.0. The Labute approximate surface area is 154 Å². The van der Waals surface area contributed by atoms with Gasteiger partial charge in [0, 0.05) is 57.6 Å². The minimum atomic E-state index is -3.78. The highest BCUT2D eigenvalue weighted by atomic mass is 32.2. The summed E-state index contributed by atoms with van der Waals surface area (Å²) in [5, 5.41) is 0. The van der Waals surface area contributed by atoms with Crippen LogP contribution in [0.2, 0.25) is 0 Å². The van der Waals surface area contributed by atoms with Crippen LogP contribution in [0.3, 0.4) is 0 Å². The highest BCUT2D eigenvalue weighted by Crippen LogP contribution is 2.20. The molecule has 2 aromatic rings. The Hall–Kier alpha value is -1.77. The maximum atomic E-state index is 13.9. The van der Waals surface area contributed by atoms with Crippen molar-refractivity contribution in [2.45, 2.75) is 31.2 Å². The number of piperazine rings is 1. The summed E-state index contributed by atoms with van der Waals surface area (Å²) in [5.74, 6) is 0.731. The second-order valence-corrected chi connectivity index (χ2v) is 8.72. The Bertz CT molecular complexity index is 842. The summed E-state index contributed by atoms with van der Waals surface area (Å²) in [4.78, 5) is 6.38. The van der Waals surface area contributed by atoms with Gasteiger partial charge in [-0.3, -0.25) is 4.90 Å². The number of nitrogens with zero attached hydrogens (tertiary/aromatic N) is 4. The molecule has 1 saturated heterocycles. The van der Waals surface area contributed by atoms with Crippen LogP contribution < -0.4 is 0 Å². The van der Waals surface area contributed by atoms with E-state index < -0.39 is 15.8 Å². The van der Waals surface area contributed by atoms with E-state index in [2.05, 4.69) is 28.3 Å². The normalized spacial score (nSPS) is 17.1. The van der Waals surface area contributed by atoms with Gasteiger partial charge >= 0.3 is 0 Å². The van der Waals surface area contributed by atoms with Gasteiger partial charge < -0.3 is 4.57 Å². The zero-order chi connectivity index (χ0) is 18.7. The lowest BCUT2D eigenvalue weighted by molar-refractivity contribution is 0.182.